The van der Waals surface area contributed by atoms with Crippen molar-refractivity contribution in [2.24, 2.45) is 5.14 Å². The summed E-state index contributed by atoms with van der Waals surface area (Å²) in [7, 11) is -2.16. The summed E-state index contributed by atoms with van der Waals surface area (Å²) < 4.78 is 27.3. The van der Waals surface area contributed by atoms with Crippen LogP contribution in [0.4, 0.5) is 11.5 Å². The highest BCUT2D eigenvalue weighted by Gasteiger charge is 2.07. The molecule has 112 valence electrons. The summed E-state index contributed by atoms with van der Waals surface area (Å²) in [5.74, 6) is 1.16. The molecule has 8 heteroatoms. The molecule has 0 fully saturated rings. The highest BCUT2D eigenvalue weighted by atomic mass is 32.2. The van der Waals surface area contributed by atoms with Crippen LogP contribution in [0.3, 0.4) is 0 Å². The molecule has 1 aromatic heterocycles. The predicted molar refractivity (Wildman–Crippen MR) is 80.3 cm³/mol. The van der Waals surface area contributed by atoms with Crippen molar-refractivity contribution in [2.45, 2.75) is 11.4 Å². The molecule has 7 nitrogen and oxygen atoms in total. The third kappa shape index (κ3) is 3.83. The second kappa shape index (κ2) is 5.98. The van der Waals surface area contributed by atoms with Crippen molar-refractivity contribution in [1.29, 1.82) is 0 Å². The minimum Gasteiger partial charge on any atom is -0.495 e. The molecule has 0 unspecified atom stereocenters. The normalized spacial score (nSPS) is 11.1. The third-order valence-corrected chi connectivity index (χ3v) is 3.73. The van der Waals surface area contributed by atoms with Crippen molar-refractivity contribution in [3.63, 3.8) is 0 Å². The van der Waals surface area contributed by atoms with Gasteiger partial charge in [-0.2, -0.15) is 0 Å². The fourth-order valence-electron chi connectivity index (χ4n) is 1.74. The molecule has 0 saturated heterocycles. The molecular weight excluding hydrogens is 292 g/mol. The highest BCUT2D eigenvalue weighted by molar-refractivity contribution is 7.89. The molecule has 21 heavy (non-hydrogen) atoms. The number of hydrogen-bond donors (Lipinski definition) is 3. The second-order valence-electron chi connectivity index (χ2n) is 4.35. The van der Waals surface area contributed by atoms with Crippen molar-refractivity contribution >= 4 is 21.5 Å². The molecule has 0 bridgehead atoms. The lowest BCUT2D eigenvalue weighted by Crippen LogP contribution is -2.12. The molecule has 0 aliphatic rings. The standard InChI is InChI=1S/C13H16N4O3S/c1-20-12-4-2-9(6-11(12)14)7-16-13-5-3-10(8-17-13)21(15,18)19/h2-6,8H,7,14H2,1H3,(H,16,17)(H2,15,18,19). The average molecular weight is 308 g/mol. The van der Waals surface area contributed by atoms with Gasteiger partial charge in [-0.25, -0.2) is 18.5 Å². The van der Waals surface area contributed by atoms with Crippen LogP contribution in [-0.4, -0.2) is 20.5 Å². The number of hydrogen-bond acceptors (Lipinski definition) is 6. The first-order valence-corrected chi connectivity index (χ1v) is 7.60. The summed E-state index contributed by atoms with van der Waals surface area (Å²) in [6.45, 7) is 0.496. The van der Waals surface area contributed by atoms with E-state index >= 15 is 0 Å². The highest BCUT2D eigenvalue weighted by Crippen LogP contribution is 2.22. The van der Waals surface area contributed by atoms with Crippen LogP contribution >= 0.6 is 0 Å². The van der Waals surface area contributed by atoms with Gasteiger partial charge in [0.05, 0.1) is 12.8 Å². The minimum absolute atomic E-state index is 0.0262. The zero-order valence-corrected chi connectivity index (χ0v) is 12.2. The van der Waals surface area contributed by atoms with E-state index in [1.807, 2.05) is 6.07 Å². The molecule has 1 aromatic carbocycles. The quantitative estimate of drug-likeness (QED) is 0.707. The number of aromatic nitrogens is 1. The monoisotopic (exact) mass is 308 g/mol. The number of rotatable bonds is 5. The van der Waals surface area contributed by atoms with Crippen LogP contribution in [0.1, 0.15) is 5.56 Å². The Balaban J connectivity index is 2.05. The van der Waals surface area contributed by atoms with E-state index in [9.17, 15) is 8.42 Å². The second-order valence-corrected chi connectivity index (χ2v) is 5.92. The fourth-order valence-corrected chi connectivity index (χ4v) is 2.20. The number of sulfonamides is 1. The van der Waals surface area contributed by atoms with Crippen molar-refractivity contribution in [3.8, 4) is 5.75 Å². The lowest BCUT2D eigenvalue weighted by Gasteiger charge is -2.09. The number of ether oxygens (including phenoxy) is 1. The Morgan fingerprint density at radius 2 is 2.05 bits per heavy atom. The number of benzene rings is 1. The van der Waals surface area contributed by atoms with Gasteiger partial charge in [0.15, 0.2) is 0 Å². The van der Waals surface area contributed by atoms with Crippen LogP contribution < -0.4 is 20.9 Å². The molecule has 0 spiro atoms. The summed E-state index contributed by atoms with van der Waals surface area (Å²) in [4.78, 5) is 3.96. The SMILES string of the molecule is COc1ccc(CNc2ccc(S(N)(=O)=O)cn2)cc1N. The number of nitrogens with one attached hydrogen (secondary N) is 1. The maximum atomic E-state index is 11.1. The largest absolute Gasteiger partial charge is 0.495 e. The number of pyridine rings is 1. The van der Waals surface area contributed by atoms with Crippen LogP contribution in [0, 0.1) is 0 Å². The van der Waals surface area contributed by atoms with E-state index in [4.69, 9.17) is 15.6 Å². The van der Waals surface area contributed by atoms with Crippen molar-refractivity contribution in [3.05, 3.63) is 42.1 Å². The molecule has 0 aliphatic carbocycles. The number of nitrogen functional groups attached to an aromatic ring is 1. The van der Waals surface area contributed by atoms with Crippen LogP contribution in [0.5, 0.6) is 5.75 Å². The first-order valence-electron chi connectivity index (χ1n) is 6.05. The summed E-state index contributed by atoms with van der Waals surface area (Å²) in [5, 5.41) is 8.06. The van der Waals surface area contributed by atoms with Gasteiger partial charge in [-0.15, -0.1) is 0 Å². The van der Waals surface area contributed by atoms with E-state index < -0.39 is 10.0 Å². The molecule has 0 radical (unpaired) electrons. The smallest absolute Gasteiger partial charge is 0.239 e. The van der Waals surface area contributed by atoms with Crippen LogP contribution in [0.2, 0.25) is 0 Å². The maximum absolute atomic E-state index is 11.1. The molecule has 2 rings (SSSR count). The van der Waals surface area contributed by atoms with Crippen LogP contribution in [0.25, 0.3) is 0 Å². The zero-order valence-electron chi connectivity index (χ0n) is 11.4. The minimum atomic E-state index is -3.72. The third-order valence-electron chi connectivity index (χ3n) is 2.83. The Morgan fingerprint density at radius 1 is 1.29 bits per heavy atom. The summed E-state index contributed by atoms with van der Waals surface area (Å²) >= 11 is 0. The zero-order chi connectivity index (χ0) is 15.5. The van der Waals surface area contributed by atoms with E-state index in [1.165, 1.54) is 12.3 Å². The summed E-state index contributed by atoms with van der Waals surface area (Å²) in [5.41, 5.74) is 7.32. The number of primary sulfonamides is 1. The van der Waals surface area contributed by atoms with E-state index in [0.29, 0.717) is 23.8 Å². The maximum Gasteiger partial charge on any atom is 0.239 e. The van der Waals surface area contributed by atoms with Gasteiger partial charge in [0.2, 0.25) is 10.0 Å². The summed E-state index contributed by atoms with van der Waals surface area (Å²) in [6.07, 6.45) is 1.21. The molecular formula is C13H16N4O3S. The van der Waals surface area contributed by atoms with E-state index in [-0.39, 0.29) is 4.90 Å². The molecule has 5 N–H and O–H groups in total. The summed E-state index contributed by atoms with van der Waals surface area (Å²) in [6, 6.07) is 8.40. The number of nitrogens with two attached hydrogens (primary N) is 2. The lowest BCUT2D eigenvalue weighted by atomic mass is 10.2. The number of anilines is 2. The topological polar surface area (TPSA) is 120 Å². The number of nitrogens with zero attached hydrogens (tertiary/aromatic N) is 1. The van der Waals surface area contributed by atoms with E-state index in [0.717, 1.165) is 5.56 Å². The number of methoxy groups -OCH3 is 1. The van der Waals surface area contributed by atoms with Gasteiger partial charge in [-0.3, -0.25) is 0 Å². The van der Waals surface area contributed by atoms with Gasteiger partial charge >= 0.3 is 0 Å². The van der Waals surface area contributed by atoms with E-state index in [1.54, 1.807) is 25.3 Å². The van der Waals surface area contributed by atoms with Crippen molar-refractivity contribution in [1.82, 2.24) is 4.98 Å². The first-order chi connectivity index (χ1) is 9.90. The molecule has 0 amide bonds. The van der Waals surface area contributed by atoms with Gasteiger partial charge in [0, 0.05) is 12.7 Å². The van der Waals surface area contributed by atoms with Gasteiger partial charge in [0.1, 0.15) is 16.5 Å². The molecule has 2 aromatic rings. The van der Waals surface area contributed by atoms with Crippen LogP contribution in [-0.2, 0) is 16.6 Å². The Kier molecular flexibility index (Phi) is 4.29. The Bertz CT molecular complexity index is 730. The van der Waals surface area contributed by atoms with Gasteiger partial charge in [0.25, 0.3) is 0 Å². The molecule has 0 atom stereocenters. The Labute approximate surface area is 123 Å². The van der Waals surface area contributed by atoms with Gasteiger partial charge < -0.3 is 15.8 Å². The Hall–Kier alpha value is -2.32. The molecule has 0 saturated carbocycles. The average Bonchev–Trinajstić information content (AvgIpc) is 2.45. The fraction of sp³-hybridized carbons (Fsp3) is 0.154. The molecule has 1 heterocycles. The molecule has 0 aliphatic heterocycles. The van der Waals surface area contributed by atoms with Gasteiger partial charge in [-0.1, -0.05) is 6.07 Å². The van der Waals surface area contributed by atoms with Gasteiger partial charge in [-0.05, 0) is 29.8 Å². The van der Waals surface area contributed by atoms with Crippen molar-refractivity contribution in [2.75, 3.05) is 18.2 Å². The van der Waals surface area contributed by atoms with E-state index in [2.05, 4.69) is 10.3 Å². The predicted octanol–water partition coefficient (Wildman–Crippen LogP) is 0.932. The van der Waals surface area contributed by atoms with Crippen LogP contribution in [0.15, 0.2) is 41.4 Å². The Morgan fingerprint density at radius 3 is 2.57 bits per heavy atom. The first kappa shape index (κ1) is 15.1. The van der Waals surface area contributed by atoms with Crippen molar-refractivity contribution < 1.29 is 13.2 Å². The lowest BCUT2D eigenvalue weighted by molar-refractivity contribution is 0.417.